The van der Waals surface area contributed by atoms with E-state index in [2.05, 4.69) is 49.8 Å². The standard InChI is InChI=1S/C20H14N4O4S.C19H11ClN4O3S.C19H12ClN3OS.C19H12FN3OS.C14H11N3OS/c25-12-15-2-1-14(11-17(15)24(27)28)19-16(23-9-10-29-20(23)22-19)3-4-18(26)13-5-7-21-8-6-13;20-14-2-1-13(11-16(14)24(26)27)18-15(23-9-10-28-19(23)22-18)3-4-17(25)12-5-7-21-8-6-12;2*20-15-3-1-14(2-4-15)18-16(23-11-12-25-19(23)22-18)5-6-17(24)13-7-9-21-10-8-13;1-10-12(17-8-9-19-14(17)16-10)2-3-13(18)11-4-6-15-7-5-11/h1-11,25H,12H2;1-11H;2*1-12H;2-9H,1H3/b2*4-3+;2*6-5+;3-2+. The molecule has 0 aliphatic heterocycles. The summed E-state index contributed by atoms with van der Waals surface area (Å²) < 4.78 is 22.7. The Hall–Kier alpha value is -15.2. The molecule has 0 unspecified atom stereocenters. The second kappa shape index (κ2) is 39.8. The molecule has 35 heteroatoms. The van der Waals surface area contributed by atoms with Crippen molar-refractivity contribution in [2.45, 2.75) is 13.5 Å². The maximum Gasteiger partial charge on any atom is 0.288 e. The van der Waals surface area contributed by atoms with Gasteiger partial charge in [0, 0.05) is 187 Å². The molecule has 1 N–H and O–H groups in total. The van der Waals surface area contributed by atoms with Gasteiger partial charge in [-0.3, -0.25) is 91.1 Å². The maximum atomic E-state index is 13.2. The largest absolute Gasteiger partial charge is 0.391 e. The minimum Gasteiger partial charge on any atom is -0.391 e. The van der Waals surface area contributed by atoms with Crippen LogP contribution in [0.4, 0.5) is 15.8 Å². The highest BCUT2D eigenvalue weighted by Crippen LogP contribution is 2.37. The predicted octanol–water partition coefficient (Wildman–Crippen LogP) is 21.2. The third-order valence-electron chi connectivity index (χ3n) is 18.8. The number of carbonyl (C=O) groups excluding carboxylic acids is 5. The van der Waals surface area contributed by atoms with Crippen LogP contribution >= 0.6 is 79.9 Å². The zero-order valence-corrected chi connectivity index (χ0v) is 70.9. The van der Waals surface area contributed by atoms with Gasteiger partial charge in [0.1, 0.15) is 10.8 Å². The summed E-state index contributed by atoms with van der Waals surface area (Å²) in [6.07, 6.45) is 41.5. The summed E-state index contributed by atoms with van der Waals surface area (Å²) in [6.45, 7) is 1.51. The highest BCUT2D eigenvalue weighted by atomic mass is 35.5. The maximum absolute atomic E-state index is 13.2. The lowest BCUT2D eigenvalue weighted by atomic mass is 10.0. The molecule has 0 saturated carbocycles. The molecular formula is C91H60Cl2FN17O10S5. The number of imidazole rings is 5. The van der Waals surface area contributed by atoms with Gasteiger partial charge in [-0.1, -0.05) is 47.5 Å². The number of pyridine rings is 5. The van der Waals surface area contributed by atoms with Crippen molar-refractivity contribution in [2.24, 2.45) is 0 Å². The number of fused-ring (bicyclic) bond motifs is 5. The fraction of sp³-hybridized carbons (Fsp3) is 0.0220. The first kappa shape index (κ1) is 85.8. The molecule has 0 aliphatic rings. The van der Waals surface area contributed by atoms with Gasteiger partial charge >= 0.3 is 0 Å². The topological polar surface area (TPSA) is 343 Å². The van der Waals surface area contributed by atoms with Crippen LogP contribution in [-0.4, -0.2) is 116 Å². The first-order chi connectivity index (χ1) is 61.3. The van der Waals surface area contributed by atoms with Gasteiger partial charge in [0.15, 0.2) is 53.7 Å². The number of hydrogen-bond acceptors (Lipinski definition) is 25. The molecule has 0 amide bonds. The van der Waals surface area contributed by atoms with E-state index in [1.807, 2.05) is 117 Å². The van der Waals surface area contributed by atoms with Crippen LogP contribution in [-0.2, 0) is 6.61 Å². The van der Waals surface area contributed by atoms with Crippen molar-refractivity contribution >= 4 is 175 Å². The minimum absolute atomic E-state index is 0.0352. The predicted molar refractivity (Wildman–Crippen MR) is 489 cm³/mol. The molecular weight excluding hydrogens is 1740 g/mol. The molecule has 19 rings (SSSR count). The molecule has 19 aromatic rings. The van der Waals surface area contributed by atoms with Gasteiger partial charge in [0.05, 0.1) is 79.0 Å². The summed E-state index contributed by atoms with van der Waals surface area (Å²) in [7, 11) is 0. The Morgan fingerprint density at radius 1 is 0.373 bits per heavy atom. The van der Waals surface area contributed by atoms with Gasteiger partial charge in [-0.25, -0.2) is 29.3 Å². The number of thiazole rings is 5. The number of benzene rings is 4. The highest BCUT2D eigenvalue weighted by Gasteiger charge is 2.23. The van der Waals surface area contributed by atoms with Crippen LogP contribution in [0.3, 0.4) is 0 Å². The molecule has 0 aliphatic carbocycles. The number of carbonyl (C=O) groups is 5. The van der Waals surface area contributed by atoms with Crippen molar-refractivity contribution in [1.82, 2.24) is 71.8 Å². The Morgan fingerprint density at radius 2 is 0.643 bits per heavy atom. The number of nitrogens with zero attached hydrogens (tertiary/aromatic N) is 17. The SMILES string of the molecule is Cc1nc2sccn2c1/C=C/C(=O)c1ccncc1.O=C(/C=C/c1c(-c2ccc(CO)c([N+](=O)[O-])c2)nc2sccn12)c1ccncc1.O=C(/C=C/c1c(-c2ccc(Cl)c([N+](=O)[O-])c2)nc2sccn12)c1ccncc1.O=C(/C=C/c1c(-c2ccc(Cl)cc2)nc2sccn12)c1ccncc1.O=C(/C=C/c1c(-c2ccc(F)cc2)nc2sccn12)c1ccncc1. The smallest absolute Gasteiger partial charge is 0.288 e. The molecule has 126 heavy (non-hydrogen) atoms. The van der Waals surface area contributed by atoms with Crippen LogP contribution in [0.15, 0.2) is 296 Å². The number of nitro groups is 2. The quantitative estimate of drug-likeness (QED) is 0.0285. The van der Waals surface area contributed by atoms with Crippen molar-refractivity contribution in [3.63, 3.8) is 0 Å². The Morgan fingerprint density at radius 3 is 0.960 bits per heavy atom. The van der Waals surface area contributed by atoms with Crippen molar-refractivity contribution in [2.75, 3.05) is 0 Å². The molecule has 15 heterocycles. The number of nitro benzene ring substituents is 2. The lowest BCUT2D eigenvalue weighted by molar-refractivity contribution is -0.385. The molecule has 0 radical (unpaired) electrons. The summed E-state index contributed by atoms with van der Waals surface area (Å²) in [5.74, 6) is -0.889. The number of aliphatic hydroxyl groups is 1. The minimum atomic E-state index is -0.535. The van der Waals surface area contributed by atoms with E-state index >= 15 is 0 Å². The van der Waals surface area contributed by atoms with Crippen molar-refractivity contribution in [3.8, 4) is 45.0 Å². The monoisotopic (exact) mass is 1800 g/mol. The van der Waals surface area contributed by atoms with E-state index in [1.54, 1.807) is 206 Å². The number of rotatable bonds is 22. The van der Waals surface area contributed by atoms with Gasteiger partial charge in [0.2, 0.25) is 0 Å². The van der Waals surface area contributed by atoms with Crippen molar-refractivity contribution < 1.29 is 43.3 Å². The molecule has 0 saturated heterocycles. The average molecular weight is 1800 g/mol. The lowest BCUT2D eigenvalue weighted by Gasteiger charge is -2.04. The third-order valence-corrected chi connectivity index (χ3v) is 23.2. The van der Waals surface area contributed by atoms with E-state index in [9.17, 15) is 53.7 Å². The molecule has 0 atom stereocenters. The first-order valence-corrected chi connectivity index (χ1v) is 42.7. The summed E-state index contributed by atoms with van der Waals surface area (Å²) in [6, 6.07) is 39.5. The van der Waals surface area contributed by atoms with Crippen LogP contribution in [0, 0.1) is 33.0 Å². The van der Waals surface area contributed by atoms with Crippen LogP contribution < -0.4 is 0 Å². The Kier molecular flexibility index (Phi) is 27.1. The van der Waals surface area contributed by atoms with Crippen LogP contribution in [0.2, 0.25) is 10.0 Å². The fourth-order valence-corrected chi connectivity index (χ4v) is 16.6. The summed E-state index contributed by atoms with van der Waals surface area (Å²) in [4.78, 5) is 129. The lowest BCUT2D eigenvalue weighted by Crippen LogP contribution is -1.97. The Labute approximate surface area is 743 Å². The van der Waals surface area contributed by atoms with E-state index in [4.69, 9.17) is 23.2 Å². The van der Waals surface area contributed by atoms with Crippen LogP contribution in [0.5, 0.6) is 0 Å². The number of halogens is 3. The van der Waals surface area contributed by atoms with E-state index < -0.39 is 16.5 Å². The Bertz CT molecular complexity index is 7210. The van der Waals surface area contributed by atoms with E-state index in [1.165, 1.54) is 88.6 Å². The normalized spacial score (nSPS) is 11.4. The molecule has 27 nitrogen and oxygen atoms in total. The molecule has 0 fully saturated rings. The zero-order valence-electron chi connectivity index (χ0n) is 65.3. The summed E-state index contributed by atoms with van der Waals surface area (Å²) in [5.41, 5.74) is 12.9. The van der Waals surface area contributed by atoms with Crippen molar-refractivity contribution in [3.05, 3.63) is 399 Å². The first-order valence-electron chi connectivity index (χ1n) is 37.5. The second-order valence-corrected chi connectivity index (χ2v) is 31.8. The fourth-order valence-electron chi connectivity index (χ4n) is 12.7. The van der Waals surface area contributed by atoms with Crippen molar-refractivity contribution in [1.29, 1.82) is 0 Å². The number of aliphatic hydroxyl groups excluding tert-OH is 1. The molecule has 15 aromatic heterocycles. The van der Waals surface area contributed by atoms with E-state index in [0.717, 1.165) is 54.5 Å². The summed E-state index contributed by atoms with van der Waals surface area (Å²) >= 11 is 19.4. The molecule has 4 aromatic carbocycles. The Balaban J connectivity index is 0.000000122. The number of aromatic nitrogens is 15. The zero-order chi connectivity index (χ0) is 87.7. The van der Waals surface area contributed by atoms with Crippen LogP contribution in [0.25, 0.3) is 100 Å². The molecule has 0 spiro atoms. The second-order valence-electron chi connectivity index (χ2n) is 26.6. The molecule has 0 bridgehead atoms. The number of hydrogen-bond donors (Lipinski definition) is 1. The average Bonchev–Trinajstić information content (AvgIpc) is 1.64. The van der Waals surface area contributed by atoms with Gasteiger partial charge in [-0.15, -0.1) is 56.7 Å². The van der Waals surface area contributed by atoms with Crippen LogP contribution in [0.1, 0.15) is 91.5 Å². The summed E-state index contributed by atoms with van der Waals surface area (Å²) in [5, 5.41) is 42.3. The van der Waals surface area contributed by atoms with Gasteiger partial charge in [-0.05, 0) is 177 Å². The van der Waals surface area contributed by atoms with Gasteiger partial charge < -0.3 is 5.11 Å². The third kappa shape index (κ3) is 19.9. The van der Waals surface area contributed by atoms with Gasteiger partial charge in [0.25, 0.3) is 11.4 Å². The number of ketones is 5. The molecule has 620 valence electrons. The number of allylic oxidation sites excluding steroid dienone is 5. The van der Waals surface area contributed by atoms with E-state index in [-0.39, 0.29) is 56.7 Å². The number of aryl methyl sites for hydroxylation is 1. The highest BCUT2D eigenvalue weighted by molar-refractivity contribution is 7.16. The van der Waals surface area contributed by atoms with Gasteiger partial charge in [-0.2, -0.15) is 0 Å². The van der Waals surface area contributed by atoms with E-state index in [0.29, 0.717) is 82.4 Å².